The number of nitrogens with one attached hydrogen (secondary N) is 1. The van der Waals surface area contributed by atoms with Gasteiger partial charge in [0.05, 0.1) is 11.0 Å². The maximum absolute atomic E-state index is 5.45. The fourth-order valence-corrected chi connectivity index (χ4v) is 1.81. The van der Waals surface area contributed by atoms with Gasteiger partial charge in [0.2, 0.25) is 0 Å². The fourth-order valence-electron chi connectivity index (χ4n) is 1.15. The average molecular weight is 341 g/mol. The lowest BCUT2D eigenvalue weighted by molar-refractivity contribution is 0.184. The average Bonchev–Trinajstić information content (AvgIpc) is 2.52. The van der Waals surface area contributed by atoms with E-state index in [9.17, 15) is 0 Å². The van der Waals surface area contributed by atoms with Crippen LogP contribution in [0.3, 0.4) is 0 Å². The fraction of sp³-hybridized carbons (Fsp3) is 0.600. The first-order valence-electron chi connectivity index (χ1n) is 4.79. The number of ether oxygens (including phenoxy) is 1. The van der Waals surface area contributed by atoms with Crippen LogP contribution in [-0.4, -0.2) is 19.8 Å². The number of furan rings is 1. The van der Waals surface area contributed by atoms with Crippen LogP contribution in [0.5, 0.6) is 0 Å². The minimum atomic E-state index is 0.424. The summed E-state index contributed by atoms with van der Waals surface area (Å²) < 4.78 is 12.1. The first-order chi connectivity index (χ1) is 7.13. The standard InChI is InChI=1S/C10H15Br2NO2/c1-7(3-4-14-2)13-6-8-5-9(11)10(12)15-8/h5,7,13H,3-4,6H2,1-2H3. The number of rotatable bonds is 6. The van der Waals surface area contributed by atoms with Gasteiger partial charge in [0.1, 0.15) is 5.76 Å². The summed E-state index contributed by atoms with van der Waals surface area (Å²) in [5, 5.41) is 3.36. The highest BCUT2D eigenvalue weighted by Crippen LogP contribution is 2.26. The molecule has 0 aliphatic heterocycles. The highest BCUT2D eigenvalue weighted by molar-refractivity contribution is 9.13. The molecule has 1 N–H and O–H groups in total. The van der Waals surface area contributed by atoms with E-state index in [1.165, 1.54) is 0 Å². The van der Waals surface area contributed by atoms with Crippen LogP contribution in [0, 0.1) is 0 Å². The van der Waals surface area contributed by atoms with Gasteiger partial charge in [-0.25, -0.2) is 0 Å². The van der Waals surface area contributed by atoms with E-state index >= 15 is 0 Å². The van der Waals surface area contributed by atoms with Gasteiger partial charge in [-0.3, -0.25) is 0 Å². The van der Waals surface area contributed by atoms with E-state index in [2.05, 4.69) is 44.1 Å². The molecule has 15 heavy (non-hydrogen) atoms. The molecule has 0 aliphatic rings. The van der Waals surface area contributed by atoms with E-state index in [1.54, 1.807) is 7.11 Å². The Kier molecular flexibility index (Phi) is 5.89. The number of hydrogen-bond donors (Lipinski definition) is 1. The Morgan fingerprint density at radius 2 is 2.27 bits per heavy atom. The van der Waals surface area contributed by atoms with Crippen LogP contribution in [-0.2, 0) is 11.3 Å². The molecule has 1 heterocycles. The molecular formula is C10H15Br2NO2. The second-order valence-electron chi connectivity index (χ2n) is 3.40. The van der Waals surface area contributed by atoms with Gasteiger partial charge >= 0.3 is 0 Å². The monoisotopic (exact) mass is 339 g/mol. The van der Waals surface area contributed by atoms with Gasteiger partial charge in [-0.05, 0) is 51.3 Å². The SMILES string of the molecule is COCCC(C)NCc1cc(Br)c(Br)o1. The van der Waals surface area contributed by atoms with Crippen molar-refractivity contribution in [3.63, 3.8) is 0 Å². The molecule has 1 unspecified atom stereocenters. The zero-order valence-corrected chi connectivity index (χ0v) is 12.0. The van der Waals surface area contributed by atoms with Gasteiger partial charge in [0.15, 0.2) is 4.67 Å². The van der Waals surface area contributed by atoms with Crippen LogP contribution in [0.15, 0.2) is 19.6 Å². The van der Waals surface area contributed by atoms with Crippen LogP contribution in [0.25, 0.3) is 0 Å². The van der Waals surface area contributed by atoms with E-state index in [-0.39, 0.29) is 0 Å². The van der Waals surface area contributed by atoms with Crippen molar-refractivity contribution < 1.29 is 9.15 Å². The number of methoxy groups -OCH3 is 1. The minimum absolute atomic E-state index is 0.424. The van der Waals surface area contributed by atoms with Crippen molar-refractivity contribution in [2.45, 2.75) is 25.9 Å². The molecule has 0 saturated heterocycles. The van der Waals surface area contributed by atoms with E-state index in [0.29, 0.717) is 6.04 Å². The molecule has 1 aromatic heterocycles. The third-order valence-corrected chi connectivity index (χ3v) is 3.79. The van der Waals surface area contributed by atoms with Crippen molar-refractivity contribution in [2.24, 2.45) is 0 Å². The highest BCUT2D eigenvalue weighted by Gasteiger charge is 2.07. The minimum Gasteiger partial charge on any atom is -0.452 e. The molecular weight excluding hydrogens is 326 g/mol. The molecule has 0 bridgehead atoms. The smallest absolute Gasteiger partial charge is 0.183 e. The van der Waals surface area contributed by atoms with Crippen molar-refractivity contribution in [3.05, 3.63) is 21.0 Å². The van der Waals surface area contributed by atoms with Gasteiger partial charge in [0.25, 0.3) is 0 Å². The van der Waals surface area contributed by atoms with Crippen LogP contribution in [0.1, 0.15) is 19.1 Å². The summed E-state index contributed by atoms with van der Waals surface area (Å²) in [7, 11) is 1.72. The predicted octanol–water partition coefficient (Wildman–Crippen LogP) is 3.32. The van der Waals surface area contributed by atoms with Crippen molar-refractivity contribution in [2.75, 3.05) is 13.7 Å². The topological polar surface area (TPSA) is 34.4 Å². The molecule has 1 aromatic rings. The van der Waals surface area contributed by atoms with Gasteiger partial charge in [-0.1, -0.05) is 0 Å². The van der Waals surface area contributed by atoms with Crippen LogP contribution in [0.2, 0.25) is 0 Å². The summed E-state index contributed by atoms with van der Waals surface area (Å²) in [6, 6.07) is 2.38. The predicted molar refractivity (Wildman–Crippen MR) is 66.9 cm³/mol. The molecule has 3 nitrogen and oxygen atoms in total. The Bertz CT molecular complexity index is 282. The van der Waals surface area contributed by atoms with Crippen molar-refractivity contribution >= 4 is 31.9 Å². The second-order valence-corrected chi connectivity index (χ2v) is 4.97. The molecule has 5 heteroatoms. The molecule has 0 radical (unpaired) electrons. The van der Waals surface area contributed by atoms with Crippen molar-refractivity contribution in [1.29, 1.82) is 0 Å². The maximum Gasteiger partial charge on any atom is 0.183 e. The molecule has 0 spiro atoms. The summed E-state index contributed by atoms with van der Waals surface area (Å²) in [6.45, 7) is 3.64. The van der Waals surface area contributed by atoms with E-state index in [0.717, 1.165) is 34.5 Å². The summed E-state index contributed by atoms with van der Waals surface area (Å²) in [5.41, 5.74) is 0. The molecule has 0 fully saturated rings. The third kappa shape index (κ3) is 4.68. The maximum atomic E-state index is 5.45. The molecule has 86 valence electrons. The van der Waals surface area contributed by atoms with Crippen molar-refractivity contribution in [1.82, 2.24) is 5.32 Å². The molecule has 0 amide bonds. The quantitative estimate of drug-likeness (QED) is 0.862. The zero-order chi connectivity index (χ0) is 11.3. The molecule has 1 atom stereocenters. The first kappa shape index (κ1) is 13.2. The number of hydrogen-bond acceptors (Lipinski definition) is 3. The first-order valence-corrected chi connectivity index (χ1v) is 6.38. The molecule has 0 aliphatic carbocycles. The molecule has 1 rings (SSSR count). The summed E-state index contributed by atoms with van der Waals surface area (Å²) >= 11 is 6.68. The van der Waals surface area contributed by atoms with Gasteiger partial charge in [-0.2, -0.15) is 0 Å². The molecule has 0 aromatic carbocycles. The Balaban J connectivity index is 2.30. The summed E-state index contributed by atoms with van der Waals surface area (Å²) in [6.07, 6.45) is 1.000. The van der Waals surface area contributed by atoms with Gasteiger partial charge in [-0.15, -0.1) is 0 Å². The zero-order valence-electron chi connectivity index (χ0n) is 8.85. The molecule has 0 saturated carbocycles. The van der Waals surface area contributed by atoms with Gasteiger partial charge < -0.3 is 14.5 Å². The van der Waals surface area contributed by atoms with Crippen LogP contribution < -0.4 is 5.32 Å². The Hall–Kier alpha value is 0.160. The lowest BCUT2D eigenvalue weighted by Crippen LogP contribution is -2.26. The summed E-state index contributed by atoms with van der Waals surface area (Å²) in [5.74, 6) is 0.915. The Morgan fingerprint density at radius 3 is 2.80 bits per heavy atom. The van der Waals surface area contributed by atoms with Crippen LogP contribution in [0.4, 0.5) is 0 Å². The normalized spacial score (nSPS) is 13.1. The van der Waals surface area contributed by atoms with E-state index < -0.39 is 0 Å². The Morgan fingerprint density at radius 1 is 1.53 bits per heavy atom. The largest absolute Gasteiger partial charge is 0.452 e. The van der Waals surface area contributed by atoms with Gasteiger partial charge in [0, 0.05) is 19.8 Å². The van der Waals surface area contributed by atoms with E-state index in [4.69, 9.17) is 9.15 Å². The van der Waals surface area contributed by atoms with Crippen molar-refractivity contribution in [3.8, 4) is 0 Å². The highest BCUT2D eigenvalue weighted by atomic mass is 79.9. The summed E-state index contributed by atoms with van der Waals surface area (Å²) in [4.78, 5) is 0. The van der Waals surface area contributed by atoms with Crippen LogP contribution >= 0.6 is 31.9 Å². The third-order valence-electron chi connectivity index (χ3n) is 2.08. The van der Waals surface area contributed by atoms with E-state index in [1.807, 2.05) is 6.07 Å². The lowest BCUT2D eigenvalue weighted by atomic mass is 10.2. The lowest BCUT2D eigenvalue weighted by Gasteiger charge is -2.11. The second kappa shape index (κ2) is 6.68. The number of halogens is 2. The Labute approximate surface area is 107 Å².